The molecular weight excluding hydrogens is 235 g/mol. The van der Waals surface area contributed by atoms with Crippen molar-refractivity contribution in [1.29, 1.82) is 5.26 Å². The summed E-state index contributed by atoms with van der Waals surface area (Å²) in [6, 6.07) is 6.34. The van der Waals surface area contributed by atoms with Crippen LogP contribution in [0, 0.1) is 17.1 Å². The van der Waals surface area contributed by atoms with Gasteiger partial charge in [-0.15, -0.1) is 0 Å². The standard InChI is InChI=1S/C13H17FN2O2/c1-17-9-12(18-2)8-16-7-11-4-3-10(6-15)5-13(11)14/h3-5,12,16H,7-9H2,1-2H3. The van der Waals surface area contributed by atoms with Crippen LogP contribution < -0.4 is 5.32 Å². The molecule has 0 amide bonds. The second-order valence-electron chi connectivity index (χ2n) is 3.86. The SMILES string of the molecule is COCC(CNCc1ccc(C#N)cc1F)OC. The lowest BCUT2D eigenvalue weighted by Crippen LogP contribution is -2.31. The van der Waals surface area contributed by atoms with Crippen molar-refractivity contribution in [2.24, 2.45) is 0 Å². The molecule has 4 nitrogen and oxygen atoms in total. The van der Waals surface area contributed by atoms with Gasteiger partial charge in [0.15, 0.2) is 0 Å². The molecular formula is C13H17FN2O2. The summed E-state index contributed by atoms with van der Waals surface area (Å²) >= 11 is 0. The number of nitrogens with one attached hydrogen (secondary N) is 1. The maximum atomic E-state index is 13.5. The molecule has 1 aromatic carbocycles. The summed E-state index contributed by atoms with van der Waals surface area (Å²) in [6.07, 6.45) is -0.0588. The Kier molecular flexibility index (Phi) is 6.29. The van der Waals surface area contributed by atoms with E-state index in [9.17, 15) is 4.39 Å². The van der Waals surface area contributed by atoms with Crippen molar-refractivity contribution >= 4 is 0 Å². The summed E-state index contributed by atoms with van der Waals surface area (Å²) in [5.41, 5.74) is 0.853. The molecule has 1 N–H and O–H groups in total. The zero-order chi connectivity index (χ0) is 13.4. The van der Waals surface area contributed by atoms with Crippen molar-refractivity contribution in [2.75, 3.05) is 27.4 Å². The number of nitriles is 1. The lowest BCUT2D eigenvalue weighted by Gasteiger charge is -2.15. The molecule has 5 heteroatoms. The van der Waals surface area contributed by atoms with Gasteiger partial charge in [-0.1, -0.05) is 6.07 Å². The monoisotopic (exact) mass is 252 g/mol. The molecule has 0 bridgehead atoms. The molecule has 0 saturated carbocycles. The van der Waals surface area contributed by atoms with Crippen LogP contribution in [0.4, 0.5) is 4.39 Å². The van der Waals surface area contributed by atoms with E-state index >= 15 is 0 Å². The van der Waals surface area contributed by atoms with Crippen molar-refractivity contribution < 1.29 is 13.9 Å². The van der Waals surface area contributed by atoms with E-state index in [1.54, 1.807) is 26.4 Å². The average molecular weight is 252 g/mol. The van der Waals surface area contributed by atoms with E-state index in [2.05, 4.69) is 5.32 Å². The van der Waals surface area contributed by atoms with Gasteiger partial charge in [-0.2, -0.15) is 5.26 Å². The lowest BCUT2D eigenvalue weighted by atomic mass is 10.1. The van der Waals surface area contributed by atoms with Crippen LogP contribution >= 0.6 is 0 Å². The highest BCUT2D eigenvalue weighted by Crippen LogP contribution is 2.09. The fraction of sp³-hybridized carbons (Fsp3) is 0.462. The van der Waals surface area contributed by atoms with E-state index in [0.29, 0.717) is 30.8 Å². The Morgan fingerprint density at radius 3 is 2.78 bits per heavy atom. The Balaban J connectivity index is 2.46. The maximum absolute atomic E-state index is 13.5. The molecule has 1 atom stereocenters. The number of methoxy groups -OCH3 is 2. The molecule has 0 spiro atoms. The van der Waals surface area contributed by atoms with E-state index in [1.165, 1.54) is 6.07 Å². The van der Waals surface area contributed by atoms with E-state index in [0.717, 1.165) is 0 Å². The van der Waals surface area contributed by atoms with Crippen LogP contribution in [0.5, 0.6) is 0 Å². The van der Waals surface area contributed by atoms with Crippen LogP contribution in [0.1, 0.15) is 11.1 Å². The lowest BCUT2D eigenvalue weighted by molar-refractivity contribution is 0.0287. The van der Waals surface area contributed by atoms with Gasteiger partial charge in [-0.05, 0) is 12.1 Å². The normalized spacial score (nSPS) is 12.1. The van der Waals surface area contributed by atoms with Crippen molar-refractivity contribution in [3.63, 3.8) is 0 Å². The number of hydrogen-bond donors (Lipinski definition) is 1. The highest BCUT2D eigenvalue weighted by molar-refractivity contribution is 5.32. The molecule has 0 aliphatic carbocycles. The van der Waals surface area contributed by atoms with Crippen LogP contribution in [0.15, 0.2) is 18.2 Å². The third kappa shape index (κ3) is 4.41. The zero-order valence-electron chi connectivity index (χ0n) is 10.6. The molecule has 0 radical (unpaired) electrons. The molecule has 0 fully saturated rings. The number of halogens is 1. The minimum absolute atomic E-state index is 0.0588. The Hall–Kier alpha value is -1.48. The van der Waals surface area contributed by atoms with Crippen LogP contribution in [0.25, 0.3) is 0 Å². The Bertz CT molecular complexity index is 418. The molecule has 1 unspecified atom stereocenters. The molecule has 0 aliphatic heterocycles. The second kappa shape index (κ2) is 7.77. The van der Waals surface area contributed by atoms with Gasteiger partial charge in [-0.25, -0.2) is 4.39 Å². The Morgan fingerprint density at radius 1 is 1.44 bits per heavy atom. The van der Waals surface area contributed by atoms with Gasteiger partial charge in [-0.3, -0.25) is 0 Å². The summed E-state index contributed by atoms with van der Waals surface area (Å²) in [6.45, 7) is 1.45. The summed E-state index contributed by atoms with van der Waals surface area (Å²) in [4.78, 5) is 0. The van der Waals surface area contributed by atoms with Gasteiger partial charge in [0.05, 0.1) is 24.3 Å². The number of rotatable bonds is 7. The predicted molar refractivity (Wildman–Crippen MR) is 65.5 cm³/mol. The molecule has 0 saturated heterocycles. The topological polar surface area (TPSA) is 54.3 Å². The first kappa shape index (κ1) is 14.6. The van der Waals surface area contributed by atoms with Crippen molar-refractivity contribution in [3.05, 3.63) is 35.1 Å². The minimum Gasteiger partial charge on any atom is -0.382 e. The van der Waals surface area contributed by atoms with Crippen LogP contribution in [0.2, 0.25) is 0 Å². The minimum atomic E-state index is -0.373. The fourth-order valence-corrected chi connectivity index (χ4v) is 1.52. The van der Waals surface area contributed by atoms with Crippen molar-refractivity contribution in [2.45, 2.75) is 12.6 Å². The van der Waals surface area contributed by atoms with Gasteiger partial charge in [0.2, 0.25) is 0 Å². The Labute approximate surface area is 106 Å². The third-order valence-electron chi connectivity index (χ3n) is 2.56. The number of nitrogens with zero attached hydrogens (tertiary/aromatic N) is 1. The van der Waals surface area contributed by atoms with E-state index < -0.39 is 0 Å². The molecule has 1 rings (SSSR count). The highest BCUT2D eigenvalue weighted by atomic mass is 19.1. The van der Waals surface area contributed by atoms with Gasteiger partial charge in [0.1, 0.15) is 5.82 Å². The van der Waals surface area contributed by atoms with Crippen LogP contribution in [0.3, 0.4) is 0 Å². The molecule has 1 aromatic rings. The van der Waals surface area contributed by atoms with E-state index in [4.69, 9.17) is 14.7 Å². The molecule has 0 heterocycles. The largest absolute Gasteiger partial charge is 0.382 e. The summed E-state index contributed by atoms with van der Waals surface area (Å²) in [5.74, 6) is -0.373. The first-order chi connectivity index (χ1) is 8.71. The molecule has 0 aromatic heterocycles. The quantitative estimate of drug-likeness (QED) is 0.798. The first-order valence-corrected chi connectivity index (χ1v) is 5.62. The van der Waals surface area contributed by atoms with Crippen molar-refractivity contribution in [1.82, 2.24) is 5.32 Å². The first-order valence-electron chi connectivity index (χ1n) is 5.62. The number of benzene rings is 1. The fourth-order valence-electron chi connectivity index (χ4n) is 1.52. The summed E-state index contributed by atoms with van der Waals surface area (Å²) in [7, 11) is 3.21. The number of ether oxygens (including phenoxy) is 2. The van der Waals surface area contributed by atoms with E-state index in [-0.39, 0.29) is 11.9 Å². The smallest absolute Gasteiger partial charge is 0.129 e. The molecule has 98 valence electrons. The highest BCUT2D eigenvalue weighted by Gasteiger charge is 2.07. The van der Waals surface area contributed by atoms with Crippen molar-refractivity contribution in [3.8, 4) is 6.07 Å². The maximum Gasteiger partial charge on any atom is 0.129 e. The second-order valence-corrected chi connectivity index (χ2v) is 3.86. The molecule has 0 aliphatic rings. The van der Waals surface area contributed by atoms with Gasteiger partial charge in [0, 0.05) is 32.9 Å². The summed E-state index contributed by atoms with van der Waals surface area (Å²) in [5, 5.41) is 11.7. The Morgan fingerprint density at radius 2 is 2.22 bits per heavy atom. The van der Waals surface area contributed by atoms with E-state index in [1.807, 2.05) is 6.07 Å². The van der Waals surface area contributed by atoms with Crippen LogP contribution in [-0.4, -0.2) is 33.5 Å². The summed E-state index contributed by atoms with van der Waals surface area (Å²) < 4.78 is 23.7. The number of hydrogen-bond acceptors (Lipinski definition) is 4. The third-order valence-corrected chi connectivity index (χ3v) is 2.56. The van der Waals surface area contributed by atoms with Gasteiger partial charge < -0.3 is 14.8 Å². The van der Waals surface area contributed by atoms with Crippen LogP contribution in [-0.2, 0) is 16.0 Å². The van der Waals surface area contributed by atoms with Gasteiger partial charge >= 0.3 is 0 Å². The van der Waals surface area contributed by atoms with Gasteiger partial charge in [0.25, 0.3) is 0 Å². The molecule has 18 heavy (non-hydrogen) atoms. The zero-order valence-corrected chi connectivity index (χ0v) is 10.6. The predicted octanol–water partition coefficient (Wildman–Crippen LogP) is 1.45. The average Bonchev–Trinajstić information content (AvgIpc) is 2.39.